The third-order valence-corrected chi connectivity index (χ3v) is 7.29. The number of benzene rings is 3. The van der Waals surface area contributed by atoms with Crippen LogP contribution >= 0.6 is 11.8 Å². The molecule has 1 N–H and O–H groups in total. The molecule has 34 heavy (non-hydrogen) atoms. The molecule has 4 rings (SSSR count). The van der Waals surface area contributed by atoms with E-state index in [9.17, 15) is 26.8 Å². The molecule has 0 saturated carbocycles. The summed E-state index contributed by atoms with van der Waals surface area (Å²) >= 11 is 0.840. The second-order valence-electron chi connectivity index (χ2n) is 7.18. The number of thioether (sulfide) groups is 1. The largest absolute Gasteiger partial charge is 0.326 e. The lowest BCUT2D eigenvalue weighted by Gasteiger charge is -2.16. The maximum absolute atomic E-state index is 13.2. The minimum absolute atomic E-state index is 0.125. The van der Waals surface area contributed by atoms with Crippen LogP contribution in [0.25, 0.3) is 0 Å². The van der Waals surface area contributed by atoms with Crippen LogP contribution in [0.5, 0.6) is 0 Å². The van der Waals surface area contributed by atoms with E-state index in [-0.39, 0.29) is 16.5 Å². The molecule has 7 nitrogen and oxygen atoms in total. The fourth-order valence-electron chi connectivity index (χ4n) is 3.15. The molecule has 0 bridgehead atoms. The molecule has 1 aliphatic rings. The molecule has 1 aliphatic heterocycles. The number of amides is 2. The summed E-state index contributed by atoms with van der Waals surface area (Å²) in [7, 11) is -4.26. The molecule has 1 atom stereocenters. The first-order valence-corrected chi connectivity index (χ1v) is 12.3. The molecule has 3 aromatic carbocycles. The number of nitrogens with one attached hydrogen (secondary N) is 1. The van der Waals surface area contributed by atoms with Crippen LogP contribution in [-0.4, -0.2) is 30.6 Å². The Labute approximate surface area is 198 Å². The van der Waals surface area contributed by atoms with E-state index in [1.54, 1.807) is 30.3 Å². The first kappa shape index (κ1) is 23.6. The van der Waals surface area contributed by atoms with E-state index in [4.69, 9.17) is 0 Å². The average Bonchev–Trinajstić information content (AvgIpc) is 3.10. The van der Waals surface area contributed by atoms with Crippen molar-refractivity contribution >= 4 is 50.1 Å². The van der Waals surface area contributed by atoms with Gasteiger partial charge in [-0.25, -0.2) is 8.78 Å². The van der Waals surface area contributed by atoms with E-state index in [1.165, 1.54) is 24.3 Å². The Hall–Kier alpha value is -3.57. The van der Waals surface area contributed by atoms with Gasteiger partial charge >= 0.3 is 0 Å². The Morgan fingerprint density at radius 2 is 1.53 bits per heavy atom. The second kappa shape index (κ2) is 9.74. The zero-order valence-electron chi connectivity index (χ0n) is 17.4. The van der Waals surface area contributed by atoms with Crippen molar-refractivity contribution in [2.75, 3.05) is 10.2 Å². The Morgan fingerprint density at radius 3 is 2.15 bits per heavy atom. The van der Waals surface area contributed by atoms with Crippen molar-refractivity contribution in [2.45, 2.75) is 16.6 Å². The number of carbonyl (C=O) groups excluding carboxylic acids is 2. The van der Waals surface area contributed by atoms with Gasteiger partial charge in [0.05, 0.1) is 10.6 Å². The Bertz CT molecular complexity index is 1350. The van der Waals surface area contributed by atoms with Gasteiger partial charge in [0, 0.05) is 12.1 Å². The van der Waals surface area contributed by atoms with E-state index in [2.05, 4.69) is 9.71 Å². The molecule has 1 unspecified atom stereocenters. The first-order valence-electron chi connectivity index (χ1n) is 9.94. The summed E-state index contributed by atoms with van der Waals surface area (Å²) in [6.45, 7) is 0. The molecular formula is C23H17F2N3O4S2. The van der Waals surface area contributed by atoms with Gasteiger partial charge in [0.15, 0.2) is 5.17 Å². The summed E-state index contributed by atoms with van der Waals surface area (Å²) in [6.07, 6.45) is -0.264. The number of para-hydroxylation sites is 1. The standard InChI is InChI=1S/C23H17F2N3O4S2/c24-15-6-10-17(11-7-15)26-21(29)14-20-22(30)28(18-4-2-1-3-5-18)23(33-20)27-34(31,32)19-12-8-16(25)9-13-19/h1-13,20H,14H2,(H,26,29)/b27-23+. The molecule has 0 aromatic heterocycles. The number of hydrogen-bond acceptors (Lipinski definition) is 5. The lowest BCUT2D eigenvalue weighted by atomic mass is 10.2. The molecule has 174 valence electrons. The zero-order chi connectivity index (χ0) is 24.3. The van der Waals surface area contributed by atoms with Gasteiger partial charge in [0.2, 0.25) is 11.8 Å². The normalized spacial score (nSPS) is 17.2. The minimum atomic E-state index is -4.26. The molecule has 1 fully saturated rings. The number of amidine groups is 1. The lowest BCUT2D eigenvalue weighted by Crippen LogP contribution is -2.33. The molecule has 2 amide bonds. The summed E-state index contributed by atoms with van der Waals surface area (Å²) < 4.78 is 55.7. The highest BCUT2D eigenvalue weighted by Crippen LogP contribution is 2.35. The molecule has 0 radical (unpaired) electrons. The number of halogens is 2. The van der Waals surface area contributed by atoms with Gasteiger partial charge in [0.1, 0.15) is 16.9 Å². The molecule has 1 heterocycles. The number of rotatable bonds is 6. The maximum atomic E-state index is 13.2. The van der Waals surface area contributed by atoms with E-state index in [0.29, 0.717) is 11.4 Å². The molecular weight excluding hydrogens is 484 g/mol. The maximum Gasteiger partial charge on any atom is 0.284 e. The van der Waals surface area contributed by atoms with Crippen molar-refractivity contribution in [3.8, 4) is 0 Å². The summed E-state index contributed by atoms with van der Waals surface area (Å²) in [4.78, 5) is 26.6. The van der Waals surface area contributed by atoms with Crippen molar-refractivity contribution in [3.05, 3.63) is 90.5 Å². The predicted octanol–water partition coefficient (Wildman–Crippen LogP) is 4.19. The summed E-state index contributed by atoms with van der Waals surface area (Å²) in [5, 5.41) is 1.52. The second-order valence-corrected chi connectivity index (χ2v) is 9.95. The van der Waals surface area contributed by atoms with Crippen LogP contribution in [0.2, 0.25) is 0 Å². The van der Waals surface area contributed by atoms with Crippen molar-refractivity contribution in [1.29, 1.82) is 0 Å². The van der Waals surface area contributed by atoms with Gasteiger partial charge in [-0.2, -0.15) is 8.42 Å². The van der Waals surface area contributed by atoms with Gasteiger partial charge < -0.3 is 5.32 Å². The molecule has 0 spiro atoms. The summed E-state index contributed by atoms with van der Waals surface area (Å²) in [6, 6.07) is 17.6. The van der Waals surface area contributed by atoms with E-state index >= 15 is 0 Å². The van der Waals surface area contributed by atoms with Crippen LogP contribution in [-0.2, 0) is 19.6 Å². The van der Waals surface area contributed by atoms with Gasteiger partial charge in [-0.1, -0.05) is 30.0 Å². The topological polar surface area (TPSA) is 95.9 Å². The molecule has 11 heteroatoms. The first-order chi connectivity index (χ1) is 16.2. The van der Waals surface area contributed by atoms with Crippen LogP contribution in [0.4, 0.5) is 20.2 Å². The van der Waals surface area contributed by atoms with Gasteiger partial charge in [-0.3, -0.25) is 14.5 Å². The Kier molecular flexibility index (Phi) is 6.75. The smallest absolute Gasteiger partial charge is 0.284 e. The molecule has 3 aromatic rings. The fraction of sp³-hybridized carbons (Fsp3) is 0.0870. The zero-order valence-corrected chi connectivity index (χ0v) is 19.0. The monoisotopic (exact) mass is 501 g/mol. The van der Waals surface area contributed by atoms with Crippen LogP contribution in [0.3, 0.4) is 0 Å². The third-order valence-electron chi connectivity index (χ3n) is 4.76. The van der Waals surface area contributed by atoms with E-state index in [0.717, 1.165) is 40.9 Å². The molecule has 0 aliphatic carbocycles. The van der Waals surface area contributed by atoms with Crippen molar-refractivity contribution in [3.63, 3.8) is 0 Å². The number of hydrogen-bond donors (Lipinski definition) is 1. The number of nitrogens with zero attached hydrogens (tertiary/aromatic N) is 2. The van der Waals surface area contributed by atoms with Crippen LogP contribution in [0.1, 0.15) is 6.42 Å². The van der Waals surface area contributed by atoms with Gasteiger partial charge in [-0.05, 0) is 60.7 Å². The van der Waals surface area contributed by atoms with E-state index < -0.39 is 38.7 Å². The predicted molar refractivity (Wildman–Crippen MR) is 126 cm³/mol. The summed E-state index contributed by atoms with van der Waals surface area (Å²) in [5.41, 5.74) is 0.740. The molecule has 1 saturated heterocycles. The minimum Gasteiger partial charge on any atom is -0.326 e. The fourth-order valence-corrected chi connectivity index (χ4v) is 5.49. The highest BCUT2D eigenvalue weighted by Gasteiger charge is 2.41. The Balaban J connectivity index is 1.61. The number of anilines is 2. The SMILES string of the molecule is O=C(CC1S/C(=N/S(=O)(=O)c2ccc(F)cc2)N(c2ccccc2)C1=O)Nc1ccc(F)cc1. The van der Waals surface area contributed by atoms with Crippen molar-refractivity contribution in [1.82, 2.24) is 0 Å². The van der Waals surface area contributed by atoms with E-state index in [1.807, 2.05) is 0 Å². The quantitative estimate of drug-likeness (QED) is 0.547. The summed E-state index contributed by atoms with van der Waals surface area (Å²) in [5.74, 6) is -2.08. The lowest BCUT2D eigenvalue weighted by molar-refractivity contribution is -0.121. The number of sulfonamides is 1. The highest BCUT2D eigenvalue weighted by atomic mass is 32.2. The third kappa shape index (κ3) is 5.32. The van der Waals surface area contributed by atoms with Crippen LogP contribution in [0, 0.1) is 11.6 Å². The van der Waals surface area contributed by atoms with Crippen LogP contribution in [0.15, 0.2) is 88.2 Å². The van der Waals surface area contributed by atoms with Gasteiger partial charge in [0.25, 0.3) is 10.0 Å². The Morgan fingerprint density at radius 1 is 0.941 bits per heavy atom. The number of carbonyl (C=O) groups is 2. The van der Waals surface area contributed by atoms with Crippen LogP contribution < -0.4 is 10.2 Å². The highest BCUT2D eigenvalue weighted by molar-refractivity contribution is 8.16. The van der Waals surface area contributed by atoms with Crippen molar-refractivity contribution < 1.29 is 26.8 Å². The van der Waals surface area contributed by atoms with Gasteiger partial charge in [-0.15, -0.1) is 4.40 Å². The average molecular weight is 502 g/mol. The van der Waals surface area contributed by atoms with Crippen molar-refractivity contribution in [2.24, 2.45) is 4.40 Å².